The molecule has 19 heavy (non-hydrogen) atoms. The van der Waals surface area contributed by atoms with Crippen molar-refractivity contribution in [3.8, 4) is 5.75 Å². The van der Waals surface area contributed by atoms with E-state index in [1.807, 2.05) is 12.1 Å². The van der Waals surface area contributed by atoms with Crippen LogP contribution in [0.15, 0.2) is 24.3 Å². The van der Waals surface area contributed by atoms with Crippen LogP contribution in [0.4, 0.5) is 0 Å². The van der Waals surface area contributed by atoms with Crippen LogP contribution in [0.25, 0.3) is 0 Å². The molecule has 1 aromatic rings. The van der Waals surface area contributed by atoms with Crippen molar-refractivity contribution in [1.29, 1.82) is 0 Å². The van der Waals surface area contributed by atoms with Gasteiger partial charge in [-0.2, -0.15) is 0 Å². The predicted molar refractivity (Wildman–Crippen MR) is 81.1 cm³/mol. The molecular formula is C16H28N2O. The van der Waals surface area contributed by atoms with Crippen molar-refractivity contribution in [3.05, 3.63) is 29.8 Å². The second kappa shape index (κ2) is 7.51. The molecule has 1 atom stereocenters. The maximum absolute atomic E-state index is 5.66. The zero-order chi connectivity index (χ0) is 14.3. The molecule has 0 spiro atoms. The van der Waals surface area contributed by atoms with Gasteiger partial charge in [0, 0.05) is 6.04 Å². The smallest absolute Gasteiger partial charge is 0.119 e. The number of ether oxygens (including phenoxy) is 1. The number of hydrogen-bond acceptors (Lipinski definition) is 3. The molecular weight excluding hydrogens is 236 g/mol. The summed E-state index contributed by atoms with van der Waals surface area (Å²) in [5.41, 5.74) is 4.59. The number of nitrogens with one attached hydrogen (secondary N) is 1. The molecule has 1 rings (SSSR count). The lowest BCUT2D eigenvalue weighted by Gasteiger charge is -2.21. The summed E-state index contributed by atoms with van der Waals surface area (Å²) >= 11 is 0. The molecule has 0 aliphatic carbocycles. The van der Waals surface area contributed by atoms with E-state index in [0.717, 1.165) is 18.6 Å². The monoisotopic (exact) mass is 264 g/mol. The van der Waals surface area contributed by atoms with Crippen molar-refractivity contribution in [2.75, 3.05) is 7.11 Å². The molecule has 108 valence electrons. The van der Waals surface area contributed by atoms with Gasteiger partial charge < -0.3 is 4.74 Å². The number of methoxy groups -OCH3 is 1. The van der Waals surface area contributed by atoms with Crippen LogP contribution in [0.2, 0.25) is 0 Å². The Morgan fingerprint density at radius 1 is 1.32 bits per heavy atom. The minimum absolute atomic E-state index is 0.328. The maximum Gasteiger partial charge on any atom is 0.119 e. The molecule has 0 aromatic heterocycles. The number of nitrogens with two attached hydrogens (primary N) is 1. The van der Waals surface area contributed by atoms with Crippen LogP contribution in [-0.4, -0.2) is 13.2 Å². The lowest BCUT2D eigenvalue weighted by molar-refractivity contribution is 0.342. The SMILES string of the molecule is COc1cccc(CC(CCCC(C)(C)C)NN)c1. The minimum Gasteiger partial charge on any atom is -0.497 e. The third-order valence-corrected chi connectivity index (χ3v) is 3.33. The third-order valence-electron chi connectivity index (χ3n) is 3.33. The van der Waals surface area contributed by atoms with Gasteiger partial charge >= 0.3 is 0 Å². The van der Waals surface area contributed by atoms with E-state index >= 15 is 0 Å². The average molecular weight is 264 g/mol. The molecule has 0 saturated heterocycles. The summed E-state index contributed by atoms with van der Waals surface area (Å²) in [5.74, 6) is 6.57. The van der Waals surface area contributed by atoms with Gasteiger partial charge in [0.15, 0.2) is 0 Å². The van der Waals surface area contributed by atoms with Crippen LogP contribution in [0.3, 0.4) is 0 Å². The first-order valence-electron chi connectivity index (χ1n) is 7.03. The van der Waals surface area contributed by atoms with Crippen molar-refractivity contribution < 1.29 is 4.74 Å². The fourth-order valence-electron chi connectivity index (χ4n) is 2.21. The van der Waals surface area contributed by atoms with E-state index in [1.165, 1.54) is 18.4 Å². The second-order valence-electron chi connectivity index (χ2n) is 6.37. The van der Waals surface area contributed by atoms with Crippen molar-refractivity contribution in [2.24, 2.45) is 11.3 Å². The van der Waals surface area contributed by atoms with Crippen LogP contribution in [-0.2, 0) is 6.42 Å². The van der Waals surface area contributed by atoms with Crippen LogP contribution in [0.5, 0.6) is 5.75 Å². The number of benzene rings is 1. The first-order valence-corrected chi connectivity index (χ1v) is 7.03. The molecule has 3 nitrogen and oxygen atoms in total. The minimum atomic E-state index is 0.328. The van der Waals surface area contributed by atoms with E-state index in [4.69, 9.17) is 10.6 Å². The Labute approximate surface area is 117 Å². The summed E-state index contributed by atoms with van der Waals surface area (Å²) in [6, 6.07) is 8.52. The second-order valence-corrected chi connectivity index (χ2v) is 6.37. The molecule has 1 unspecified atom stereocenters. The zero-order valence-corrected chi connectivity index (χ0v) is 12.7. The van der Waals surface area contributed by atoms with Crippen LogP contribution >= 0.6 is 0 Å². The van der Waals surface area contributed by atoms with E-state index in [2.05, 4.69) is 38.3 Å². The van der Waals surface area contributed by atoms with Crippen LogP contribution in [0.1, 0.15) is 45.6 Å². The van der Waals surface area contributed by atoms with Gasteiger partial charge in [-0.15, -0.1) is 0 Å². The fourth-order valence-corrected chi connectivity index (χ4v) is 2.21. The molecule has 0 heterocycles. The van der Waals surface area contributed by atoms with Crippen LogP contribution in [0, 0.1) is 5.41 Å². The highest BCUT2D eigenvalue weighted by molar-refractivity contribution is 5.28. The number of rotatable bonds is 7. The van der Waals surface area contributed by atoms with Gasteiger partial charge in [0.25, 0.3) is 0 Å². The molecule has 0 aliphatic rings. The van der Waals surface area contributed by atoms with Crippen molar-refractivity contribution >= 4 is 0 Å². The molecule has 3 N–H and O–H groups in total. The van der Waals surface area contributed by atoms with E-state index in [-0.39, 0.29) is 0 Å². The van der Waals surface area contributed by atoms with E-state index in [1.54, 1.807) is 7.11 Å². The summed E-state index contributed by atoms with van der Waals surface area (Å²) in [6.07, 6.45) is 4.47. The van der Waals surface area contributed by atoms with E-state index < -0.39 is 0 Å². The van der Waals surface area contributed by atoms with Crippen molar-refractivity contribution in [3.63, 3.8) is 0 Å². The Bertz CT molecular complexity index is 371. The summed E-state index contributed by atoms with van der Waals surface area (Å²) in [7, 11) is 1.70. The fraction of sp³-hybridized carbons (Fsp3) is 0.625. The highest BCUT2D eigenvalue weighted by Gasteiger charge is 2.13. The Morgan fingerprint density at radius 2 is 2.05 bits per heavy atom. The zero-order valence-electron chi connectivity index (χ0n) is 12.7. The molecule has 0 amide bonds. The third kappa shape index (κ3) is 6.60. The molecule has 1 aromatic carbocycles. The molecule has 0 aliphatic heterocycles. The molecule has 3 heteroatoms. The molecule has 0 saturated carbocycles. The maximum atomic E-state index is 5.66. The summed E-state index contributed by atoms with van der Waals surface area (Å²) in [5, 5.41) is 0. The standard InChI is InChI=1S/C16H28N2O/c1-16(2,3)10-6-8-14(18-17)11-13-7-5-9-15(12-13)19-4/h5,7,9,12,14,18H,6,8,10-11,17H2,1-4H3. The van der Waals surface area contributed by atoms with Crippen LogP contribution < -0.4 is 16.0 Å². The van der Waals surface area contributed by atoms with E-state index in [0.29, 0.717) is 11.5 Å². The first kappa shape index (κ1) is 16.0. The predicted octanol–water partition coefficient (Wildman–Crippen LogP) is 3.29. The van der Waals surface area contributed by atoms with Gasteiger partial charge in [0.05, 0.1) is 7.11 Å². The Balaban J connectivity index is 2.47. The highest BCUT2D eigenvalue weighted by atomic mass is 16.5. The quantitative estimate of drug-likeness (QED) is 0.587. The molecule has 0 radical (unpaired) electrons. The average Bonchev–Trinajstić information content (AvgIpc) is 2.36. The van der Waals surface area contributed by atoms with Gasteiger partial charge in [0.2, 0.25) is 0 Å². The lowest BCUT2D eigenvalue weighted by atomic mass is 9.88. The Morgan fingerprint density at radius 3 is 2.63 bits per heavy atom. The first-order chi connectivity index (χ1) is 8.94. The summed E-state index contributed by atoms with van der Waals surface area (Å²) in [6.45, 7) is 6.83. The lowest BCUT2D eigenvalue weighted by Crippen LogP contribution is -2.36. The highest BCUT2D eigenvalue weighted by Crippen LogP contribution is 2.23. The summed E-state index contributed by atoms with van der Waals surface area (Å²) in [4.78, 5) is 0. The largest absolute Gasteiger partial charge is 0.497 e. The van der Waals surface area contributed by atoms with Crippen molar-refractivity contribution in [1.82, 2.24) is 5.43 Å². The molecule has 0 bridgehead atoms. The Kier molecular flexibility index (Phi) is 6.32. The number of hydrogen-bond donors (Lipinski definition) is 2. The van der Waals surface area contributed by atoms with E-state index in [9.17, 15) is 0 Å². The van der Waals surface area contributed by atoms with Gasteiger partial charge in [-0.05, 0) is 42.4 Å². The Hall–Kier alpha value is -1.06. The van der Waals surface area contributed by atoms with Gasteiger partial charge in [-0.3, -0.25) is 11.3 Å². The van der Waals surface area contributed by atoms with Gasteiger partial charge in [0.1, 0.15) is 5.75 Å². The molecule has 0 fully saturated rings. The van der Waals surface area contributed by atoms with Gasteiger partial charge in [-0.25, -0.2) is 0 Å². The number of hydrazine groups is 1. The normalized spacial score (nSPS) is 13.3. The van der Waals surface area contributed by atoms with Gasteiger partial charge in [-0.1, -0.05) is 39.3 Å². The summed E-state index contributed by atoms with van der Waals surface area (Å²) < 4.78 is 5.24. The van der Waals surface area contributed by atoms with Crippen molar-refractivity contribution in [2.45, 2.75) is 52.5 Å². The topological polar surface area (TPSA) is 47.3 Å².